The number of fused-ring (bicyclic) bond motifs is 15. The van der Waals surface area contributed by atoms with Gasteiger partial charge in [-0.2, -0.15) is 0 Å². The quantitative estimate of drug-likeness (QED) is 0.171. The van der Waals surface area contributed by atoms with Crippen LogP contribution in [0.25, 0.3) is 66.4 Å². The molecule has 0 saturated heterocycles. The van der Waals surface area contributed by atoms with Crippen LogP contribution in [0.4, 0.5) is 17.1 Å². The van der Waals surface area contributed by atoms with E-state index in [0.29, 0.717) is 23.7 Å². The second-order valence-corrected chi connectivity index (χ2v) is 24.1. The molecule has 5 aliphatic rings. The molecular weight excluding hydrogens is 931 g/mol. The Morgan fingerprint density at radius 3 is 1.51 bits per heavy atom. The molecule has 0 aliphatic heterocycles. The van der Waals surface area contributed by atoms with Crippen molar-refractivity contribution < 1.29 is 4.42 Å². The second-order valence-electron chi connectivity index (χ2n) is 24.1. The average molecular weight is 992 g/mol. The Labute approximate surface area is 452 Å². The van der Waals surface area contributed by atoms with Crippen LogP contribution < -0.4 is 4.90 Å². The van der Waals surface area contributed by atoms with Gasteiger partial charge in [0.25, 0.3) is 0 Å². The van der Waals surface area contributed by atoms with Crippen molar-refractivity contribution in [3.8, 4) is 44.5 Å². The van der Waals surface area contributed by atoms with Crippen molar-refractivity contribution in [3.63, 3.8) is 0 Å². The first-order valence-electron chi connectivity index (χ1n) is 28.3. The van der Waals surface area contributed by atoms with E-state index in [1.165, 1.54) is 115 Å². The standard InChI is InChI=1S/C75H61NO/c1-46-40-49-42-47(2)43-50(41-46)74(49)65-28-14-15-29-66(65)75(63-26-12-8-21-57(63)58-22-9-13-27-64(58)75)67-39-37-53(45-69(67)74)76(52-36-38-59-56-20-7-11-25-62(56)73(3,4)68(59)44-52)51-34-32-48(33-35-51)54-18-5-6-19-55(54)60-24-17-31-71-72(60)61-23-10-16-30-70(61)77-71/h5-39,44-47,49-50H,40-43H2,1-4H3. The molecule has 5 aliphatic carbocycles. The fraction of sp³-hybridized carbons (Fsp3) is 0.200. The first-order chi connectivity index (χ1) is 37.7. The van der Waals surface area contributed by atoms with Crippen LogP contribution in [0.1, 0.15) is 97.9 Å². The molecule has 0 atom stereocenters. The summed E-state index contributed by atoms with van der Waals surface area (Å²) in [4.78, 5) is 2.59. The van der Waals surface area contributed by atoms with Crippen LogP contribution >= 0.6 is 0 Å². The van der Waals surface area contributed by atoms with Gasteiger partial charge >= 0.3 is 0 Å². The molecule has 2 heteroatoms. The number of anilines is 3. The number of hydrogen-bond acceptors (Lipinski definition) is 2. The second kappa shape index (κ2) is 16.4. The molecule has 1 aromatic heterocycles. The maximum Gasteiger partial charge on any atom is 0.136 e. The van der Waals surface area contributed by atoms with E-state index in [1.54, 1.807) is 11.1 Å². The monoisotopic (exact) mass is 991 g/mol. The fourth-order valence-electron chi connectivity index (χ4n) is 16.9. The van der Waals surface area contributed by atoms with Crippen LogP contribution in [0, 0.1) is 23.7 Å². The lowest BCUT2D eigenvalue weighted by Crippen LogP contribution is -2.56. The Balaban J connectivity index is 0.933. The molecule has 0 amide bonds. The summed E-state index contributed by atoms with van der Waals surface area (Å²) in [7, 11) is 0. The van der Waals surface area contributed by atoms with Crippen LogP contribution in [-0.2, 0) is 16.2 Å². The van der Waals surface area contributed by atoms with E-state index in [9.17, 15) is 0 Å². The first kappa shape index (κ1) is 45.0. The Kier molecular flexibility index (Phi) is 9.60. The molecule has 10 aromatic carbocycles. The maximum atomic E-state index is 6.42. The van der Waals surface area contributed by atoms with E-state index in [2.05, 4.69) is 257 Å². The molecule has 16 rings (SSSR count). The van der Waals surface area contributed by atoms with E-state index < -0.39 is 5.41 Å². The van der Waals surface area contributed by atoms with Crippen LogP contribution in [-0.4, -0.2) is 0 Å². The molecule has 2 fully saturated rings. The zero-order chi connectivity index (χ0) is 51.4. The van der Waals surface area contributed by atoms with Gasteiger partial charge in [-0.15, -0.1) is 0 Å². The molecule has 0 N–H and O–H groups in total. The molecule has 11 aromatic rings. The van der Waals surface area contributed by atoms with E-state index >= 15 is 0 Å². The van der Waals surface area contributed by atoms with Gasteiger partial charge in [-0.05, 0) is 187 Å². The third-order valence-corrected chi connectivity index (χ3v) is 19.8. The Bertz CT molecular complexity index is 4150. The normalized spacial score (nSPS) is 21.6. The van der Waals surface area contributed by atoms with Gasteiger partial charge in [0, 0.05) is 38.7 Å². The molecule has 0 unspecified atom stereocenters. The lowest BCUT2D eigenvalue weighted by molar-refractivity contribution is 0.0238. The van der Waals surface area contributed by atoms with E-state index in [0.717, 1.165) is 27.6 Å². The van der Waals surface area contributed by atoms with Crippen LogP contribution in [0.2, 0.25) is 0 Å². The number of nitrogens with zero attached hydrogens (tertiary/aromatic N) is 1. The Hall–Kier alpha value is -8.20. The van der Waals surface area contributed by atoms with Gasteiger partial charge in [0.1, 0.15) is 11.2 Å². The highest BCUT2D eigenvalue weighted by Crippen LogP contribution is 2.70. The third-order valence-electron chi connectivity index (χ3n) is 19.8. The van der Waals surface area contributed by atoms with Crippen LogP contribution in [0.3, 0.4) is 0 Å². The molecule has 2 saturated carbocycles. The fourth-order valence-corrected chi connectivity index (χ4v) is 16.9. The number of benzene rings is 10. The van der Waals surface area contributed by atoms with Crippen molar-refractivity contribution in [2.24, 2.45) is 23.7 Å². The minimum absolute atomic E-state index is 0.136. The van der Waals surface area contributed by atoms with Crippen molar-refractivity contribution in [1.29, 1.82) is 0 Å². The Morgan fingerprint density at radius 1 is 0.364 bits per heavy atom. The summed E-state index contributed by atoms with van der Waals surface area (Å²) in [5.41, 5.74) is 26.4. The minimum atomic E-state index is -0.456. The number of hydrogen-bond donors (Lipinski definition) is 0. The summed E-state index contributed by atoms with van der Waals surface area (Å²) in [5, 5.41) is 2.30. The molecule has 0 radical (unpaired) electrons. The maximum absolute atomic E-state index is 6.42. The molecule has 372 valence electrons. The summed E-state index contributed by atoms with van der Waals surface area (Å²) < 4.78 is 6.42. The van der Waals surface area contributed by atoms with Crippen molar-refractivity contribution in [2.45, 2.75) is 69.6 Å². The molecule has 2 spiro atoms. The van der Waals surface area contributed by atoms with E-state index in [1.807, 2.05) is 0 Å². The van der Waals surface area contributed by atoms with Gasteiger partial charge in [0.2, 0.25) is 0 Å². The summed E-state index contributed by atoms with van der Waals surface area (Å²) in [6, 6.07) is 85.9. The zero-order valence-electron chi connectivity index (χ0n) is 44.4. The average Bonchev–Trinajstić information content (AvgIpc) is 4.17. The van der Waals surface area contributed by atoms with Crippen molar-refractivity contribution in [1.82, 2.24) is 0 Å². The van der Waals surface area contributed by atoms with Crippen LogP contribution in [0.15, 0.2) is 229 Å². The number of rotatable bonds is 5. The van der Waals surface area contributed by atoms with Crippen molar-refractivity contribution >= 4 is 39.0 Å². The predicted molar refractivity (Wildman–Crippen MR) is 319 cm³/mol. The van der Waals surface area contributed by atoms with Gasteiger partial charge in [0.15, 0.2) is 0 Å². The molecule has 2 bridgehead atoms. The predicted octanol–water partition coefficient (Wildman–Crippen LogP) is 19.8. The summed E-state index contributed by atoms with van der Waals surface area (Å²) >= 11 is 0. The summed E-state index contributed by atoms with van der Waals surface area (Å²) in [6.07, 6.45) is 4.99. The molecule has 2 nitrogen and oxygen atoms in total. The van der Waals surface area contributed by atoms with Crippen molar-refractivity contribution in [2.75, 3.05) is 4.90 Å². The first-order valence-corrected chi connectivity index (χ1v) is 28.3. The number of para-hydroxylation sites is 1. The third kappa shape index (κ3) is 6.08. The largest absolute Gasteiger partial charge is 0.456 e. The number of furan rings is 1. The van der Waals surface area contributed by atoms with Gasteiger partial charge in [-0.25, -0.2) is 0 Å². The minimum Gasteiger partial charge on any atom is -0.456 e. The highest BCUT2D eigenvalue weighted by atomic mass is 16.3. The van der Waals surface area contributed by atoms with Gasteiger partial charge in [-0.1, -0.05) is 204 Å². The van der Waals surface area contributed by atoms with Crippen LogP contribution in [0.5, 0.6) is 0 Å². The highest BCUT2D eigenvalue weighted by Gasteiger charge is 2.62. The Morgan fingerprint density at radius 2 is 0.831 bits per heavy atom. The molecule has 77 heavy (non-hydrogen) atoms. The topological polar surface area (TPSA) is 16.4 Å². The van der Waals surface area contributed by atoms with Gasteiger partial charge in [-0.3, -0.25) is 0 Å². The smallest absolute Gasteiger partial charge is 0.136 e. The SMILES string of the molecule is CC1CC2CC(C)CC(C1)C21c2ccccc2C2(c3ccccc3-c3ccccc32)c2ccc(N(c3ccc(-c4ccccc4-c4cccc5oc6ccccc6c45)cc3)c3ccc4c(c3)C(C)(C)c3ccccc3-4)cc21. The van der Waals surface area contributed by atoms with Gasteiger partial charge < -0.3 is 9.32 Å². The van der Waals surface area contributed by atoms with Crippen molar-refractivity contribution in [3.05, 3.63) is 269 Å². The summed E-state index contributed by atoms with van der Waals surface area (Å²) in [6.45, 7) is 9.89. The van der Waals surface area contributed by atoms with E-state index in [-0.39, 0.29) is 10.8 Å². The van der Waals surface area contributed by atoms with E-state index in [4.69, 9.17) is 4.42 Å². The molecular formula is C75H61NO. The summed E-state index contributed by atoms with van der Waals surface area (Å²) in [5.74, 6) is 2.43. The molecule has 1 heterocycles. The lowest BCUT2D eigenvalue weighted by atomic mass is 9.41. The van der Waals surface area contributed by atoms with Gasteiger partial charge in [0.05, 0.1) is 5.41 Å². The highest BCUT2D eigenvalue weighted by molar-refractivity contribution is 6.13. The zero-order valence-corrected chi connectivity index (χ0v) is 44.4. The lowest BCUT2D eigenvalue weighted by Gasteiger charge is -2.61.